The highest BCUT2D eigenvalue weighted by atomic mass is 32.2. The van der Waals surface area contributed by atoms with Gasteiger partial charge in [-0.1, -0.05) is 48.5 Å². The fourth-order valence-electron chi connectivity index (χ4n) is 2.80. The number of rotatable bonds is 7. The van der Waals surface area contributed by atoms with Crippen molar-refractivity contribution in [1.82, 2.24) is 0 Å². The van der Waals surface area contributed by atoms with E-state index in [0.29, 0.717) is 5.75 Å². The van der Waals surface area contributed by atoms with Crippen LogP contribution in [0.3, 0.4) is 0 Å². The van der Waals surface area contributed by atoms with Gasteiger partial charge in [-0.3, -0.25) is 0 Å². The number of ether oxygens (including phenoxy) is 2. The first-order valence-corrected chi connectivity index (χ1v) is 9.49. The third kappa shape index (κ3) is 5.08. The molecule has 24 heavy (non-hydrogen) atoms. The second-order valence-electron chi connectivity index (χ2n) is 5.95. The summed E-state index contributed by atoms with van der Waals surface area (Å²) in [5.74, 6) is 0.580. The summed E-state index contributed by atoms with van der Waals surface area (Å²) >= 11 is 1.64. The van der Waals surface area contributed by atoms with Gasteiger partial charge in [0.05, 0.1) is 6.10 Å². The molecule has 1 aliphatic rings. The average Bonchev–Trinajstić information content (AvgIpc) is 2.66. The molecule has 3 rings (SSSR count). The molecule has 0 amide bonds. The van der Waals surface area contributed by atoms with Gasteiger partial charge in [-0.2, -0.15) is 0 Å². The van der Waals surface area contributed by atoms with Gasteiger partial charge in [0.2, 0.25) is 0 Å². The summed E-state index contributed by atoms with van der Waals surface area (Å²) in [5.41, 5.74) is 0.993. The maximum atomic E-state index is 10.8. The molecule has 3 atom stereocenters. The predicted octanol–water partition coefficient (Wildman–Crippen LogP) is 4.42. The van der Waals surface area contributed by atoms with Crippen molar-refractivity contribution in [2.45, 2.75) is 42.7 Å². The van der Waals surface area contributed by atoms with Gasteiger partial charge in [-0.15, -0.1) is 11.8 Å². The Balaban J connectivity index is 1.66. The standard InChI is InChI=1S/C20H24O3S/c21-18(15-24-17-11-5-2-6-12-17)20(16-9-3-1-4-10-16)23-19-13-7-8-14-22-19/h1-6,9-12,18-21H,7-8,13-15H2. The van der Waals surface area contributed by atoms with Crippen molar-refractivity contribution >= 4 is 11.8 Å². The monoisotopic (exact) mass is 344 g/mol. The van der Waals surface area contributed by atoms with Crippen LogP contribution in [0.5, 0.6) is 0 Å². The van der Waals surface area contributed by atoms with Crippen LogP contribution in [0.2, 0.25) is 0 Å². The zero-order valence-corrected chi connectivity index (χ0v) is 14.5. The molecule has 0 radical (unpaired) electrons. The van der Waals surface area contributed by atoms with Gasteiger partial charge >= 0.3 is 0 Å². The molecule has 1 saturated heterocycles. The van der Waals surface area contributed by atoms with Crippen molar-refractivity contribution in [3.63, 3.8) is 0 Å². The van der Waals surface area contributed by atoms with E-state index >= 15 is 0 Å². The first kappa shape index (κ1) is 17.5. The van der Waals surface area contributed by atoms with E-state index in [1.807, 2.05) is 48.5 Å². The lowest BCUT2D eigenvalue weighted by molar-refractivity contribution is -0.206. The molecule has 0 saturated carbocycles. The molecule has 1 fully saturated rings. The molecule has 0 spiro atoms. The molecule has 0 aliphatic carbocycles. The maximum Gasteiger partial charge on any atom is 0.158 e. The van der Waals surface area contributed by atoms with E-state index in [4.69, 9.17) is 9.47 Å². The number of thioether (sulfide) groups is 1. The lowest BCUT2D eigenvalue weighted by Gasteiger charge is -2.30. The minimum Gasteiger partial charge on any atom is -0.389 e. The van der Waals surface area contributed by atoms with Crippen LogP contribution < -0.4 is 0 Å². The number of aliphatic hydroxyl groups is 1. The Kier molecular flexibility index (Phi) is 6.73. The molecule has 1 heterocycles. The second kappa shape index (κ2) is 9.23. The first-order valence-electron chi connectivity index (χ1n) is 8.51. The third-order valence-electron chi connectivity index (χ3n) is 4.08. The van der Waals surface area contributed by atoms with Crippen molar-refractivity contribution < 1.29 is 14.6 Å². The molecule has 2 aromatic rings. The molecular weight excluding hydrogens is 320 g/mol. The number of hydrogen-bond donors (Lipinski definition) is 1. The SMILES string of the molecule is OC(CSc1ccccc1)C(OC1CCCCO1)c1ccccc1. The fourth-order valence-corrected chi connectivity index (χ4v) is 3.69. The van der Waals surface area contributed by atoms with Gasteiger partial charge in [0.25, 0.3) is 0 Å². The summed E-state index contributed by atoms with van der Waals surface area (Å²) in [5, 5.41) is 10.8. The molecule has 4 heteroatoms. The van der Waals surface area contributed by atoms with E-state index in [2.05, 4.69) is 12.1 Å². The van der Waals surface area contributed by atoms with Crippen LogP contribution in [-0.4, -0.2) is 29.9 Å². The molecular formula is C20H24O3S. The van der Waals surface area contributed by atoms with E-state index < -0.39 is 6.10 Å². The highest BCUT2D eigenvalue weighted by Gasteiger charge is 2.27. The van der Waals surface area contributed by atoms with Crippen LogP contribution in [0.4, 0.5) is 0 Å². The topological polar surface area (TPSA) is 38.7 Å². The van der Waals surface area contributed by atoms with Gasteiger partial charge < -0.3 is 14.6 Å². The third-order valence-corrected chi connectivity index (χ3v) is 5.19. The normalized spacial score (nSPS) is 20.5. The van der Waals surface area contributed by atoms with Gasteiger partial charge in [0.1, 0.15) is 6.10 Å². The van der Waals surface area contributed by atoms with Crippen molar-refractivity contribution in [2.75, 3.05) is 12.4 Å². The second-order valence-corrected chi connectivity index (χ2v) is 7.05. The highest BCUT2D eigenvalue weighted by molar-refractivity contribution is 7.99. The van der Waals surface area contributed by atoms with E-state index in [1.165, 1.54) is 0 Å². The maximum absolute atomic E-state index is 10.8. The largest absolute Gasteiger partial charge is 0.389 e. The smallest absolute Gasteiger partial charge is 0.158 e. The lowest BCUT2D eigenvalue weighted by Crippen LogP contribution is -2.31. The van der Waals surface area contributed by atoms with E-state index in [-0.39, 0.29) is 12.4 Å². The quantitative estimate of drug-likeness (QED) is 0.755. The summed E-state index contributed by atoms with van der Waals surface area (Å²) in [6, 6.07) is 20.1. The Morgan fingerprint density at radius 2 is 1.75 bits per heavy atom. The fraction of sp³-hybridized carbons (Fsp3) is 0.400. The van der Waals surface area contributed by atoms with E-state index in [1.54, 1.807) is 11.8 Å². The summed E-state index contributed by atoms with van der Waals surface area (Å²) in [6.45, 7) is 0.737. The lowest BCUT2D eigenvalue weighted by atomic mass is 10.1. The minimum atomic E-state index is -0.594. The summed E-state index contributed by atoms with van der Waals surface area (Å²) < 4.78 is 11.8. The number of aliphatic hydroxyl groups excluding tert-OH is 1. The van der Waals surface area contributed by atoms with Crippen LogP contribution in [0, 0.1) is 0 Å². The van der Waals surface area contributed by atoms with Crippen LogP contribution in [-0.2, 0) is 9.47 Å². The van der Waals surface area contributed by atoms with Crippen molar-refractivity contribution in [1.29, 1.82) is 0 Å². The van der Waals surface area contributed by atoms with Crippen molar-refractivity contribution in [2.24, 2.45) is 0 Å². The number of hydrogen-bond acceptors (Lipinski definition) is 4. The van der Waals surface area contributed by atoms with Crippen LogP contribution in [0.25, 0.3) is 0 Å². The Bertz CT molecular complexity index is 584. The van der Waals surface area contributed by atoms with Gasteiger partial charge in [-0.25, -0.2) is 0 Å². The minimum absolute atomic E-state index is 0.222. The molecule has 3 nitrogen and oxygen atoms in total. The van der Waals surface area contributed by atoms with E-state index in [0.717, 1.165) is 36.3 Å². The zero-order valence-electron chi connectivity index (χ0n) is 13.7. The van der Waals surface area contributed by atoms with E-state index in [9.17, 15) is 5.11 Å². The Morgan fingerprint density at radius 3 is 2.42 bits per heavy atom. The highest BCUT2D eigenvalue weighted by Crippen LogP contribution is 2.30. The molecule has 3 unspecified atom stereocenters. The van der Waals surface area contributed by atoms with Crippen LogP contribution >= 0.6 is 11.8 Å². The summed E-state index contributed by atoms with van der Waals surface area (Å²) in [4.78, 5) is 1.15. The first-order chi connectivity index (χ1) is 11.8. The van der Waals surface area contributed by atoms with Gasteiger partial charge in [-0.05, 0) is 37.0 Å². The summed E-state index contributed by atoms with van der Waals surface area (Å²) in [7, 11) is 0. The van der Waals surface area contributed by atoms with Gasteiger partial charge in [0, 0.05) is 17.3 Å². The average molecular weight is 344 g/mol. The molecule has 1 aliphatic heterocycles. The molecule has 0 aromatic heterocycles. The Labute approximate surface area is 148 Å². The summed E-state index contributed by atoms with van der Waals surface area (Å²) in [6.07, 6.45) is 1.90. The van der Waals surface area contributed by atoms with Crippen molar-refractivity contribution in [3.05, 3.63) is 66.2 Å². The predicted molar refractivity (Wildman–Crippen MR) is 97.0 cm³/mol. The Morgan fingerprint density at radius 1 is 1.04 bits per heavy atom. The van der Waals surface area contributed by atoms with Gasteiger partial charge in [0.15, 0.2) is 6.29 Å². The molecule has 128 valence electrons. The number of benzene rings is 2. The van der Waals surface area contributed by atoms with Crippen molar-refractivity contribution in [3.8, 4) is 0 Å². The Hall–Kier alpha value is -1.33. The zero-order chi connectivity index (χ0) is 16.6. The molecule has 0 bridgehead atoms. The van der Waals surface area contributed by atoms with Crippen LogP contribution in [0.1, 0.15) is 30.9 Å². The van der Waals surface area contributed by atoms with Crippen LogP contribution in [0.15, 0.2) is 65.6 Å². The molecule has 1 N–H and O–H groups in total. The molecule has 2 aromatic carbocycles.